The van der Waals surface area contributed by atoms with Gasteiger partial charge in [0.15, 0.2) is 11.5 Å². The van der Waals surface area contributed by atoms with Crippen molar-refractivity contribution in [1.82, 2.24) is 9.97 Å². The number of anilines is 2. The number of benzene rings is 2. The van der Waals surface area contributed by atoms with Gasteiger partial charge in [-0.15, -0.1) is 0 Å². The molecule has 4 aromatic rings. The number of para-hydroxylation sites is 1. The molecule has 29 heavy (non-hydrogen) atoms. The van der Waals surface area contributed by atoms with Crippen LogP contribution in [0.25, 0.3) is 10.9 Å². The molecule has 142 valence electrons. The fraction of sp³-hybridized carbons (Fsp3) is 0.0870. The third-order valence-corrected chi connectivity index (χ3v) is 4.33. The van der Waals surface area contributed by atoms with E-state index in [4.69, 9.17) is 14.7 Å². The fourth-order valence-electron chi connectivity index (χ4n) is 2.92. The van der Waals surface area contributed by atoms with Crippen LogP contribution in [0.3, 0.4) is 0 Å². The summed E-state index contributed by atoms with van der Waals surface area (Å²) in [5, 5.41) is 13.3. The quantitative estimate of drug-likeness (QED) is 0.514. The molecular formula is C23H18N4O2. The summed E-state index contributed by atoms with van der Waals surface area (Å²) in [6, 6.07) is 24.7. The maximum atomic E-state index is 9.00. The summed E-state index contributed by atoms with van der Waals surface area (Å²) in [4.78, 5) is 8.86. The van der Waals surface area contributed by atoms with Crippen LogP contribution in [0.1, 0.15) is 11.4 Å². The largest absolute Gasteiger partial charge is 0.493 e. The van der Waals surface area contributed by atoms with Crippen molar-refractivity contribution in [3.8, 4) is 17.6 Å². The monoisotopic (exact) mass is 382 g/mol. The van der Waals surface area contributed by atoms with Crippen LogP contribution in [0.15, 0.2) is 72.8 Å². The van der Waals surface area contributed by atoms with Crippen molar-refractivity contribution in [3.05, 3.63) is 84.2 Å². The van der Waals surface area contributed by atoms with Crippen molar-refractivity contribution in [2.24, 2.45) is 0 Å². The molecule has 6 heteroatoms. The number of rotatable bonds is 6. The molecule has 1 N–H and O–H groups in total. The average Bonchev–Trinajstić information content (AvgIpc) is 2.78. The summed E-state index contributed by atoms with van der Waals surface area (Å²) in [7, 11) is 1.60. The molecule has 0 saturated heterocycles. The van der Waals surface area contributed by atoms with Crippen molar-refractivity contribution >= 4 is 22.4 Å². The van der Waals surface area contributed by atoms with Gasteiger partial charge in [-0.05, 0) is 36.4 Å². The first-order valence-electron chi connectivity index (χ1n) is 9.05. The Morgan fingerprint density at radius 1 is 0.931 bits per heavy atom. The standard InChI is InChI=1S/C23H18N4O2/c1-28-21-12-11-17(26-23-8-4-6-18(14-24)27-23)13-22(21)29-15-19-10-9-16-5-2-3-7-20(16)25-19/h2-13H,15H2,1H3,(H,26,27). The predicted octanol–water partition coefficient (Wildman–Crippen LogP) is 4.83. The fourth-order valence-corrected chi connectivity index (χ4v) is 2.92. The minimum atomic E-state index is 0.312. The highest BCUT2D eigenvalue weighted by Gasteiger charge is 2.08. The molecule has 2 aromatic heterocycles. The van der Waals surface area contributed by atoms with E-state index in [9.17, 15) is 0 Å². The van der Waals surface area contributed by atoms with Gasteiger partial charge in [0, 0.05) is 17.1 Å². The summed E-state index contributed by atoms with van der Waals surface area (Å²) in [5.74, 6) is 1.79. The van der Waals surface area contributed by atoms with Crippen molar-refractivity contribution < 1.29 is 9.47 Å². The Morgan fingerprint density at radius 2 is 1.83 bits per heavy atom. The minimum absolute atomic E-state index is 0.312. The predicted molar refractivity (Wildman–Crippen MR) is 111 cm³/mol. The van der Waals surface area contributed by atoms with Crippen molar-refractivity contribution in [2.45, 2.75) is 6.61 Å². The second kappa shape index (κ2) is 8.28. The highest BCUT2D eigenvalue weighted by atomic mass is 16.5. The van der Waals surface area contributed by atoms with E-state index in [1.165, 1.54) is 0 Å². The Hall–Kier alpha value is -4.11. The van der Waals surface area contributed by atoms with Crippen LogP contribution >= 0.6 is 0 Å². The van der Waals surface area contributed by atoms with E-state index in [-0.39, 0.29) is 0 Å². The maximum Gasteiger partial charge on any atom is 0.163 e. The van der Waals surface area contributed by atoms with Crippen LogP contribution < -0.4 is 14.8 Å². The van der Waals surface area contributed by atoms with E-state index in [0.717, 1.165) is 22.3 Å². The molecule has 0 aliphatic rings. The lowest BCUT2D eigenvalue weighted by Crippen LogP contribution is -2.01. The van der Waals surface area contributed by atoms with Crippen LogP contribution in [0.5, 0.6) is 11.5 Å². The second-order valence-corrected chi connectivity index (χ2v) is 6.29. The van der Waals surface area contributed by atoms with E-state index in [0.29, 0.717) is 29.6 Å². The number of aromatic nitrogens is 2. The lowest BCUT2D eigenvalue weighted by molar-refractivity contribution is 0.281. The summed E-state index contributed by atoms with van der Waals surface area (Å²) in [6.45, 7) is 0.312. The Kier molecular flexibility index (Phi) is 5.21. The van der Waals surface area contributed by atoms with Gasteiger partial charge < -0.3 is 14.8 Å². The molecule has 0 atom stereocenters. The zero-order valence-corrected chi connectivity index (χ0v) is 15.8. The number of fused-ring (bicyclic) bond motifs is 1. The van der Waals surface area contributed by atoms with Gasteiger partial charge in [-0.1, -0.05) is 30.3 Å². The highest BCUT2D eigenvalue weighted by molar-refractivity contribution is 5.78. The maximum absolute atomic E-state index is 9.00. The van der Waals surface area contributed by atoms with E-state index >= 15 is 0 Å². The molecular weight excluding hydrogens is 364 g/mol. The molecule has 0 aliphatic heterocycles. The molecule has 0 saturated carbocycles. The number of pyridine rings is 2. The number of ether oxygens (including phenoxy) is 2. The Bertz CT molecular complexity index is 1200. The lowest BCUT2D eigenvalue weighted by Gasteiger charge is -2.13. The third kappa shape index (κ3) is 4.25. The minimum Gasteiger partial charge on any atom is -0.493 e. The molecule has 4 rings (SSSR count). The SMILES string of the molecule is COc1ccc(Nc2cccc(C#N)n2)cc1OCc1ccc2ccccc2n1. The third-order valence-electron chi connectivity index (χ3n) is 4.33. The Labute approximate surface area is 168 Å². The Balaban J connectivity index is 1.53. The number of hydrogen-bond donors (Lipinski definition) is 1. The van der Waals surface area contributed by atoms with Crippen LogP contribution in [-0.4, -0.2) is 17.1 Å². The van der Waals surface area contributed by atoms with Gasteiger partial charge in [-0.25, -0.2) is 9.97 Å². The second-order valence-electron chi connectivity index (χ2n) is 6.29. The van der Waals surface area contributed by atoms with E-state index in [2.05, 4.69) is 15.3 Å². The van der Waals surface area contributed by atoms with Gasteiger partial charge in [-0.3, -0.25) is 0 Å². The molecule has 6 nitrogen and oxygen atoms in total. The summed E-state index contributed by atoms with van der Waals surface area (Å²) >= 11 is 0. The van der Waals surface area contributed by atoms with Crippen molar-refractivity contribution in [3.63, 3.8) is 0 Å². The molecule has 2 heterocycles. The van der Waals surface area contributed by atoms with Gasteiger partial charge in [0.05, 0.1) is 18.3 Å². The zero-order chi connectivity index (χ0) is 20.1. The van der Waals surface area contributed by atoms with Gasteiger partial charge in [0.2, 0.25) is 0 Å². The lowest BCUT2D eigenvalue weighted by atomic mass is 10.2. The van der Waals surface area contributed by atoms with Gasteiger partial charge in [0.1, 0.15) is 24.2 Å². The van der Waals surface area contributed by atoms with Crippen LogP contribution in [0, 0.1) is 11.3 Å². The molecule has 0 fully saturated rings. The first-order valence-corrected chi connectivity index (χ1v) is 9.05. The van der Waals surface area contributed by atoms with Crippen LogP contribution in [0.2, 0.25) is 0 Å². The van der Waals surface area contributed by atoms with E-state index in [1.54, 1.807) is 25.3 Å². The molecule has 0 spiro atoms. The first-order chi connectivity index (χ1) is 14.2. The number of nitrogens with zero attached hydrogens (tertiary/aromatic N) is 3. The molecule has 0 bridgehead atoms. The van der Waals surface area contributed by atoms with Gasteiger partial charge >= 0.3 is 0 Å². The number of hydrogen-bond acceptors (Lipinski definition) is 6. The molecule has 0 aliphatic carbocycles. The van der Waals surface area contributed by atoms with Crippen LogP contribution in [-0.2, 0) is 6.61 Å². The van der Waals surface area contributed by atoms with Gasteiger partial charge in [0.25, 0.3) is 0 Å². The molecule has 0 unspecified atom stereocenters. The summed E-state index contributed by atoms with van der Waals surface area (Å²) < 4.78 is 11.4. The average molecular weight is 382 g/mol. The summed E-state index contributed by atoms with van der Waals surface area (Å²) in [6.07, 6.45) is 0. The smallest absolute Gasteiger partial charge is 0.163 e. The van der Waals surface area contributed by atoms with Crippen molar-refractivity contribution in [2.75, 3.05) is 12.4 Å². The topological polar surface area (TPSA) is 80.1 Å². The normalized spacial score (nSPS) is 10.3. The highest BCUT2D eigenvalue weighted by Crippen LogP contribution is 2.32. The molecule has 0 radical (unpaired) electrons. The Morgan fingerprint density at radius 3 is 2.69 bits per heavy atom. The van der Waals surface area contributed by atoms with Crippen molar-refractivity contribution in [1.29, 1.82) is 5.26 Å². The zero-order valence-electron chi connectivity index (χ0n) is 15.8. The number of nitrogens with one attached hydrogen (secondary N) is 1. The molecule has 0 amide bonds. The molecule has 2 aromatic carbocycles. The van der Waals surface area contributed by atoms with Gasteiger partial charge in [-0.2, -0.15) is 5.26 Å². The first kappa shape index (κ1) is 18.3. The number of nitriles is 1. The van der Waals surface area contributed by atoms with Crippen LogP contribution in [0.4, 0.5) is 11.5 Å². The number of methoxy groups -OCH3 is 1. The van der Waals surface area contributed by atoms with E-state index in [1.807, 2.05) is 60.7 Å². The van der Waals surface area contributed by atoms with E-state index < -0.39 is 0 Å². The summed E-state index contributed by atoms with van der Waals surface area (Å²) in [5.41, 5.74) is 2.88.